The molecule has 1 N–H and O–H groups in total. The highest BCUT2D eigenvalue weighted by molar-refractivity contribution is 9.10. The normalized spacial score (nSPS) is 12.5. The fourth-order valence-electron chi connectivity index (χ4n) is 1.56. The summed E-state index contributed by atoms with van der Waals surface area (Å²) in [6, 6.07) is 9.60. The third-order valence-corrected chi connectivity index (χ3v) is 4.36. The molecule has 5 heteroatoms. The lowest BCUT2D eigenvalue weighted by Gasteiger charge is -2.13. The van der Waals surface area contributed by atoms with Gasteiger partial charge in [0.1, 0.15) is 11.9 Å². The SMILES string of the molecule is OC(c1ccc(Br)c(Cl)c1)c1ccc(F)c(Br)c1. The molecule has 0 aliphatic rings. The molecule has 0 spiro atoms. The summed E-state index contributed by atoms with van der Waals surface area (Å²) in [7, 11) is 0. The van der Waals surface area contributed by atoms with E-state index in [9.17, 15) is 9.50 Å². The Morgan fingerprint density at radius 1 is 1.00 bits per heavy atom. The molecule has 0 amide bonds. The van der Waals surface area contributed by atoms with E-state index in [1.165, 1.54) is 6.07 Å². The summed E-state index contributed by atoms with van der Waals surface area (Å²) in [5.41, 5.74) is 1.25. The minimum Gasteiger partial charge on any atom is -0.384 e. The highest BCUT2D eigenvalue weighted by Gasteiger charge is 2.13. The van der Waals surface area contributed by atoms with Gasteiger partial charge in [0.15, 0.2) is 0 Å². The summed E-state index contributed by atoms with van der Waals surface area (Å²) in [6.07, 6.45) is -0.840. The molecule has 2 rings (SSSR count). The Morgan fingerprint density at radius 2 is 1.61 bits per heavy atom. The van der Waals surface area contributed by atoms with Crippen molar-refractivity contribution in [1.29, 1.82) is 0 Å². The van der Waals surface area contributed by atoms with E-state index in [1.807, 2.05) is 0 Å². The molecule has 0 bridgehead atoms. The van der Waals surface area contributed by atoms with Crippen LogP contribution in [0.5, 0.6) is 0 Å². The van der Waals surface area contributed by atoms with Crippen LogP contribution in [0.3, 0.4) is 0 Å². The average Bonchev–Trinajstić information content (AvgIpc) is 2.35. The summed E-state index contributed by atoms with van der Waals surface area (Å²) < 4.78 is 14.2. The Kier molecular flexibility index (Phi) is 4.43. The van der Waals surface area contributed by atoms with E-state index in [0.717, 1.165) is 4.47 Å². The Hall–Kier alpha value is -0.420. The highest BCUT2D eigenvalue weighted by Crippen LogP contribution is 2.30. The molecule has 1 unspecified atom stereocenters. The first kappa shape index (κ1) is 14.0. The molecule has 1 nitrogen and oxygen atoms in total. The monoisotopic (exact) mass is 392 g/mol. The molecule has 0 aliphatic heterocycles. The number of hydrogen-bond donors (Lipinski definition) is 1. The molecule has 0 heterocycles. The van der Waals surface area contributed by atoms with Crippen LogP contribution in [0.4, 0.5) is 4.39 Å². The molecule has 0 radical (unpaired) electrons. The van der Waals surface area contributed by atoms with Crippen LogP contribution in [-0.4, -0.2) is 5.11 Å². The van der Waals surface area contributed by atoms with Gasteiger partial charge in [0.2, 0.25) is 0 Å². The first-order valence-corrected chi connectivity index (χ1v) is 7.03. The predicted molar refractivity (Wildman–Crippen MR) is 77.3 cm³/mol. The Balaban J connectivity index is 2.37. The van der Waals surface area contributed by atoms with Crippen molar-refractivity contribution in [2.75, 3.05) is 0 Å². The van der Waals surface area contributed by atoms with Gasteiger partial charge in [0.05, 0.1) is 9.50 Å². The van der Waals surface area contributed by atoms with Crippen molar-refractivity contribution >= 4 is 43.5 Å². The molecule has 18 heavy (non-hydrogen) atoms. The standard InChI is InChI=1S/C13H8Br2ClFO/c14-9-3-1-8(6-11(9)16)13(18)7-2-4-12(17)10(15)5-7/h1-6,13,18H. The van der Waals surface area contributed by atoms with Crippen LogP contribution in [0.15, 0.2) is 45.3 Å². The lowest BCUT2D eigenvalue weighted by atomic mass is 10.0. The van der Waals surface area contributed by atoms with Crippen molar-refractivity contribution in [2.45, 2.75) is 6.10 Å². The predicted octanol–water partition coefficient (Wildman–Crippen LogP) is 5.09. The van der Waals surface area contributed by atoms with Gasteiger partial charge in [-0.25, -0.2) is 4.39 Å². The Labute approximate surface area is 126 Å². The van der Waals surface area contributed by atoms with E-state index < -0.39 is 6.10 Å². The van der Waals surface area contributed by atoms with Crippen molar-refractivity contribution in [3.05, 3.63) is 67.3 Å². The van der Waals surface area contributed by atoms with E-state index in [1.54, 1.807) is 30.3 Å². The summed E-state index contributed by atoms with van der Waals surface area (Å²) >= 11 is 12.4. The van der Waals surface area contributed by atoms with Crippen molar-refractivity contribution in [3.8, 4) is 0 Å². The molecule has 0 saturated heterocycles. The second kappa shape index (κ2) is 5.70. The summed E-state index contributed by atoms with van der Waals surface area (Å²) in [5.74, 6) is -0.361. The Morgan fingerprint density at radius 3 is 2.22 bits per heavy atom. The Bertz CT molecular complexity index is 538. The third kappa shape index (κ3) is 2.94. The lowest BCUT2D eigenvalue weighted by Crippen LogP contribution is -2.00. The minimum absolute atomic E-state index is 0.322. The number of aliphatic hydroxyl groups excluding tert-OH is 1. The van der Waals surface area contributed by atoms with Crippen LogP contribution in [-0.2, 0) is 0 Å². The van der Waals surface area contributed by atoms with E-state index in [0.29, 0.717) is 20.6 Å². The van der Waals surface area contributed by atoms with Crippen molar-refractivity contribution in [1.82, 2.24) is 0 Å². The van der Waals surface area contributed by atoms with E-state index in [4.69, 9.17) is 11.6 Å². The van der Waals surface area contributed by atoms with Crippen molar-refractivity contribution in [2.24, 2.45) is 0 Å². The van der Waals surface area contributed by atoms with Gasteiger partial charge in [-0.15, -0.1) is 0 Å². The first-order chi connectivity index (χ1) is 8.49. The van der Waals surface area contributed by atoms with E-state index in [-0.39, 0.29) is 5.82 Å². The van der Waals surface area contributed by atoms with Gasteiger partial charge in [-0.05, 0) is 67.3 Å². The van der Waals surface area contributed by atoms with Gasteiger partial charge in [-0.3, -0.25) is 0 Å². The van der Waals surface area contributed by atoms with Crippen LogP contribution >= 0.6 is 43.5 Å². The van der Waals surface area contributed by atoms with Gasteiger partial charge in [0.25, 0.3) is 0 Å². The minimum atomic E-state index is -0.840. The second-order valence-corrected chi connectivity index (χ2v) is 5.87. The largest absolute Gasteiger partial charge is 0.384 e. The van der Waals surface area contributed by atoms with Crippen LogP contribution < -0.4 is 0 Å². The smallest absolute Gasteiger partial charge is 0.137 e. The molecule has 94 valence electrons. The first-order valence-electron chi connectivity index (χ1n) is 5.07. The van der Waals surface area contributed by atoms with Gasteiger partial charge < -0.3 is 5.11 Å². The molecular formula is C13H8Br2ClFO. The van der Waals surface area contributed by atoms with Crippen molar-refractivity contribution in [3.63, 3.8) is 0 Å². The maximum atomic E-state index is 13.1. The zero-order chi connectivity index (χ0) is 13.3. The molecule has 0 fully saturated rings. The number of benzene rings is 2. The van der Waals surface area contributed by atoms with Gasteiger partial charge in [0, 0.05) is 4.47 Å². The number of rotatable bonds is 2. The van der Waals surface area contributed by atoms with Crippen LogP contribution in [0.25, 0.3) is 0 Å². The number of halogens is 4. The molecule has 0 saturated carbocycles. The van der Waals surface area contributed by atoms with Crippen molar-refractivity contribution < 1.29 is 9.50 Å². The zero-order valence-corrected chi connectivity index (χ0v) is 12.9. The molecule has 0 aromatic heterocycles. The topological polar surface area (TPSA) is 20.2 Å². The zero-order valence-electron chi connectivity index (χ0n) is 9.00. The third-order valence-electron chi connectivity index (χ3n) is 2.52. The highest BCUT2D eigenvalue weighted by atomic mass is 79.9. The van der Waals surface area contributed by atoms with E-state index in [2.05, 4.69) is 31.9 Å². The molecule has 0 aliphatic carbocycles. The lowest BCUT2D eigenvalue weighted by molar-refractivity contribution is 0.220. The fourth-order valence-corrected chi connectivity index (χ4v) is 2.39. The fraction of sp³-hybridized carbons (Fsp3) is 0.0769. The maximum absolute atomic E-state index is 13.1. The summed E-state index contributed by atoms with van der Waals surface area (Å²) in [4.78, 5) is 0. The summed E-state index contributed by atoms with van der Waals surface area (Å²) in [6.45, 7) is 0. The summed E-state index contributed by atoms with van der Waals surface area (Å²) in [5, 5.41) is 10.7. The second-order valence-electron chi connectivity index (χ2n) is 3.75. The number of aliphatic hydroxyl groups is 1. The van der Waals surface area contributed by atoms with Gasteiger partial charge in [-0.2, -0.15) is 0 Å². The quantitative estimate of drug-likeness (QED) is 0.753. The van der Waals surface area contributed by atoms with Gasteiger partial charge in [-0.1, -0.05) is 23.7 Å². The molecular weight excluding hydrogens is 386 g/mol. The van der Waals surface area contributed by atoms with E-state index >= 15 is 0 Å². The molecule has 1 atom stereocenters. The van der Waals surface area contributed by atoms with Crippen LogP contribution in [0.2, 0.25) is 5.02 Å². The average molecular weight is 394 g/mol. The number of hydrogen-bond acceptors (Lipinski definition) is 1. The van der Waals surface area contributed by atoms with Crippen LogP contribution in [0, 0.1) is 5.82 Å². The molecule has 2 aromatic carbocycles. The maximum Gasteiger partial charge on any atom is 0.137 e. The molecule has 2 aromatic rings. The van der Waals surface area contributed by atoms with Crippen LogP contribution in [0.1, 0.15) is 17.2 Å². The van der Waals surface area contributed by atoms with Gasteiger partial charge >= 0.3 is 0 Å².